The zero-order valence-electron chi connectivity index (χ0n) is 22.5. The molecule has 4 aliphatic rings. The molecule has 1 aromatic carbocycles. The highest BCUT2D eigenvalue weighted by Crippen LogP contribution is 2.34. The first-order valence-corrected chi connectivity index (χ1v) is 13.9. The molecule has 3 heterocycles. The quantitative estimate of drug-likeness (QED) is 0.447. The number of nitrogens with zero attached hydrogens (tertiary/aromatic N) is 2. The van der Waals surface area contributed by atoms with Gasteiger partial charge in [-0.05, 0) is 62.2 Å². The fraction of sp³-hybridized carbons (Fsp3) is 0.452. The van der Waals surface area contributed by atoms with Crippen molar-refractivity contribution in [2.24, 2.45) is 15.4 Å². The number of hydrogen-bond donors (Lipinski definition) is 3. The molecule has 0 saturated carbocycles. The van der Waals surface area contributed by atoms with Crippen LogP contribution in [-0.2, 0) is 16.0 Å². The number of benzene rings is 1. The molecule has 3 N–H and O–H groups in total. The molecule has 0 spiro atoms. The predicted molar refractivity (Wildman–Crippen MR) is 153 cm³/mol. The minimum atomic E-state index is -0.335. The number of nitrogens with one attached hydrogen (secondary N) is 3. The molecule has 38 heavy (non-hydrogen) atoms. The maximum Gasteiger partial charge on any atom is 0.227 e. The summed E-state index contributed by atoms with van der Waals surface area (Å²) in [6.07, 6.45) is 16.2. The second-order valence-electron chi connectivity index (χ2n) is 10.9. The Balaban J connectivity index is 1.12. The minimum absolute atomic E-state index is 0.0112. The van der Waals surface area contributed by atoms with Crippen molar-refractivity contribution in [3.05, 3.63) is 83.4 Å². The molecule has 7 heteroatoms. The van der Waals surface area contributed by atoms with Gasteiger partial charge in [-0.3, -0.25) is 9.79 Å². The molecule has 1 aromatic rings. The van der Waals surface area contributed by atoms with Crippen LogP contribution in [0.1, 0.15) is 57.9 Å². The van der Waals surface area contributed by atoms with Crippen molar-refractivity contribution < 1.29 is 9.53 Å². The number of amidine groups is 1. The first kappa shape index (κ1) is 26.2. The van der Waals surface area contributed by atoms with Gasteiger partial charge in [0.2, 0.25) is 5.91 Å². The number of fused-ring (bicyclic) bond motifs is 1. The van der Waals surface area contributed by atoms with E-state index in [1.807, 2.05) is 25.3 Å². The molecule has 5 rings (SSSR count). The number of dihydropyridines is 1. The minimum Gasteiger partial charge on any atom is -0.498 e. The van der Waals surface area contributed by atoms with E-state index in [0.29, 0.717) is 18.9 Å². The lowest BCUT2D eigenvalue weighted by Gasteiger charge is -2.27. The van der Waals surface area contributed by atoms with Crippen LogP contribution in [0.4, 0.5) is 0 Å². The van der Waals surface area contributed by atoms with E-state index in [0.717, 1.165) is 67.8 Å². The number of ether oxygens (including phenoxy) is 1. The number of aryl methyl sites for hydroxylation is 1. The Morgan fingerprint density at radius 1 is 1.21 bits per heavy atom. The summed E-state index contributed by atoms with van der Waals surface area (Å²) < 4.78 is 5.86. The fourth-order valence-electron chi connectivity index (χ4n) is 5.72. The van der Waals surface area contributed by atoms with E-state index in [1.165, 1.54) is 5.56 Å². The molecular weight excluding hydrogens is 474 g/mol. The molecule has 3 aliphatic heterocycles. The fourth-order valence-corrected chi connectivity index (χ4v) is 5.72. The van der Waals surface area contributed by atoms with Gasteiger partial charge < -0.3 is 20.7 Å². The third-order valence-electron chi connectivity index (χ3n) is 7.67. The average Bonchev–Trinajstić information content (AvgIpc) is 3.29. The number of allylic oxidation sites excluding steroid dienone is 3. The summed E-state index contributed by atoms with van der Waals surface area (Å²) in [6.45, 7) is 5.93. The molecule has 1 saturated heterocycles. The summed E-state index contributed by atoms with van der Waals surface area (Å²) in [4.78, 5) is 22.3. The van der Waals surface area contributed by atoms with E-state index < -0.39 is 0 Å². The third-order valence-corrected chi connectivity index (χ3v) is 7.67. The van der Waals surface area contributed by atoms with Crippen molar-refractivity contribution in [1.82, 2.24) is 16.0 Å². The van der Waals surface area contributed by atoms with Gasteiger partial charge in [-0.15, -0.1) is 0 Å². The predicted octanol–water partition coefficient (Wildman–Crippen LogP) is 4.70. The molecular formula is C31H39N5O2. The maximum atomic E-state index is 12.9. The lowest BCUT2D eigenvalue weighted by molar-refractivity contribution is -0.120. The number of amides is 1. The Hall–Kier alpha value is -3.45. The second-order valence-corrected chi connectivity index (χ2v) is 10.9. The van der Waals surface area contributed by atoms with Crippen LogP contribution in [0, 0.1) is 5.41 Å². The summed E-state index contributed by atoms with van der Waals surface area (Å²) >= 11 is 0. The van der Waals surface area contributed by atoms with Crippen LogP contribution < -0.4 is 16.0 Å². The topological polar surface area (TPSA) is 87.1 Å². The van der Waals surface area contributed by atoms with Crippen LogP contribution in [0.25, 0.3) is 0 Å². The van der Waals surface area contributed by atoms with Gasteiger partial charge in [-0.1, -0.05) is 49.4 Å². The number of carbonyl (C=O) groups excluding carboxylic acids is 1. The zero-order chi connectivity index (χ0) is 26.4. The number of hydrogen-bond acceptors (Lipinski definition) is 6. The van der Waals surface area contributed by atoms with E-state index >= 15 is 0 Å². The second kappa shape index (κ2) is 11.9. The van der Waals surface area contributed by atoms with Gasteiger partial charge in [0.15, 0.2) is 6.17 Å². The highest BCUT2D eigenvalue weighted by molar-refractivity contribution is 6.13. The molecule has 1 fully saturated rings. The standard InChI is InChI=1S/C31H39N5O2/c1-3-38-27-14-8-7-13-24(27)26-20-32-25-15-16-28(36-30(25)34-26)35-29(37)18-23-19-31(2,21-33-23)17-9-12-22-10-5-4-6-11-22/h4-7,10-11,13,15-16,20,23,30,33-34H,3,8-9,12,14,17-19,21H2,1-2H3,(H,35,36,37)/t23?,30?,31-/m1/s1. The lowest BCUT2D eigenvalue weighted by Crippen LogP contribution is -2.43. The van der Waals surface area contributed by atoms with Crippen LogP contribution in [0.5, 0.6) is 0 Å². The molecule has 200 valence electrons. The summed E-state index contributed by atoms with van der Waals surface area (Å²) in [5.74, 6) is 1.53. The summed E-state index contributed by atoms with van der Waals surface area (Å²) in [7, 11) is 0. The zero-order valence-corrected chi connectivity index (χ0v) is 22.5. The van der Waals surface area contributed by atoms with Gasteiger partial charge in [0, 0.05) is 31.0 Å². The Morgan fingerprint density at radius 2 is 2.08 bits per heavy atom. The van der Waals surface area contributed by atoms with Gasteiger partial charge in [-0.2, -0.15) is 0 Å². The van der Waals surface area contributed by atoms with E-state index in [9.17, 15) is 4.79 Å². The maximum absolute atomic E-state index is 12.9. The molecule has 0 bridgehead atoms. The van der Waals surface area contributed by atoms with Crippen molar-refractivity contribution in [3.8, 4) is 0 Å². The first-order chi connectivity index (χ1) is 18.5. The summed E-state index contributed by atoms with van der Waals surface area (Å²) in [5.41, 5.74) is 4.36. The number of aliphatic imine (C=N–C) groups is 2. The first-order valence-electron chi connectivity index (χ1n) is 13.9. The van der Waals surface area contributed by atoms with E-state index in [2.05, 4.69) is 70.4 Å². The molecule has 1 amide bonds. The van der Waals surface area contributed by atoms with Gasteiger partial charge in [0.25, 0.3) is 0 Å². The third kappa shape index (κ3) is 6.51. The number of rotatable bonds is 9. The van der Waals surface area contributed by atoms with Crippen molar-refractivity contribution in [2.45, 2.75) is 71.0 Å². The average molecular weight is 514 g/mol. The lowest BCUT2D eigenvalue weighted by atomic mass is 9.82. The molecule has 1 aliphatic carbocycles. The Morgan fingerprint density at radius 3 is 2.92 bits per heavy atom. The Bertz CT molecular complexity index is 1210. The highest BCUT2D eigenvalue weighted by Gasteiger charge is 2.35. The molecule has 3 atom stereocenters. The SMILES string of the molecule is CCOC1=C(C2=CN=C3C=CC(NC(=O)CC4C[C@@](C)(CCCc5ccccc5)CN4)=NC3N2)C=CCC1. The van der Waals surface area contributed by atoms with Crippen molar-refractivity contribution >= 4 is 17.5 Å². The monoisotopic (exact) mass is 513 g/mol. The van der Waals surface area contributed by atoms with Crippen LogP contribution in [0.2, 0.25) is 0 Å². The summed E-state index contributed by atoms with van der Waals surface area (Å²) in [6, 6.07) is 10.8. The van der Waals surface area contributed by atoms with Gasteiger partial charge in [-0.25, -0.2) is 4.99 Å². The number of carbonyl (C=O) groups is 1. The summed E-state index contributed by atoms with van der Waals surface area (Å²) in [5, 5.41) is 10.1. The van der Waals surface area contributed by atoms with Gasteiger partial charge in [0.05, 0.1) is 24.2 Å². The van der Waals surface area contributed by atoms with E-state index in [4.69, 9.17) is 9.73 Å². The Labute approximate surface area is 225 Å². The van der Waals surface area contributed by atoms with Crippen LogP contribution in [0.3, 0.4) is 0 Å². The Kier molecular flexibility index (Phi) is 8.23. The highest BCUT2D eigenvalue weighted by atomic mass is 16.5. The largest absolute Gasteiger partial charge is 0.498 e. The molecule has 0 aromatic heterocycles. The van der Waals surface area contributed by atoms with E-state index in [1.54, 1.807) is 0 Å². The van der Waals surface area contributed by atoms with Gasteiger partial charge >= 0.3 is 0 Å². The van der Waals surface area contributed by atoms with Crippen molar-refractivity contribution in [1.29, 1.82) is 0 Å². The molecule has 2 unspecified atom stereocenters. The molecule has 0 radical (unpaired) electrons. The molecule has 7 nitrogen and oxygen atoms in total. The van der Waals surface area contributed by atoms with Crippen LogP contribution >= 0.6 is 0 Å². The van der Waals surface area contributed by atoms with E-state index in [-0.39, 0.29) is 23.5 Å². The van der Waals surface area contributed by atoms with Crippen LogP contribution in [0.15, 0.2) is 87.8 Å². The van der Waals surface area contributed by atoms with Gasteiger partial charge in [0.1, 0.15) is 11.6 Å². The van der Waals surface area contributed by atoms with Crippen molar-refractivity contribution in [2.75, 3.05) is 13.2 Å². The smallest absolute Gasteiger partial charge is 0.227 e. The van der Waals surface area contributed by atoms with Crippen molar-refractivity contribution in [3.63, 3.8) is 0 Å². The normalized spacial score (nSPS) is 26.2. The van der Waals surface area contributed by atoms with Crippen LogP contribution in [-0.4, -0.2) is 42.8 Å².